The third-order valence-electron chi connectivity index (χ3n) is 3.42. The molecule has 102 valence electrons. The Bertz CT molecular complexity index is 474. The van der Waals surface area contributed by atoms with Gasteiger partial charge in [-0.2, -0.15) is 0 Å². The molecular weight excluding hydrogens is 246 g/mol. The number of carboxylic acid groups (broad SMARTS) is 1. The normalized spacial score (nSPS) is 23.1. The van der Waals surface area contributed by atoms with Gasteiger partial charge in [-0.3, -0.25) is 4.79 Å². The Morgan fingerprint density at radius 2 is 1.95 bits per heavy atom. The topological polar surface area (TPSA) is 77.8 Å². The molecule has 0 aromatic heterocycles. The van der Waals surface area contributed by atoms with Crippen LogP contribution in [0.15, 0.2) is 30.3 Å². The fraction of sp³-hybridized carbons (Fsp3) is 0.429. The molecule has 1 aromatic carbocycles. The Kier molecular flexibility index (Phi) is 3.85. The highest BCUT2D eigenvalue weighted by molar-refractivity contribution is 5.82. The molecule has 2 rings (SSSR count). The standard InChI is InChI=1S/C14H17NO4/c16-12(9-11-5-2-1-3-6-11)15-8-4-7-14(19,10-15)13(17)18/h1-3,5-6,19H,4,7-10H2,(H,17,18). The van der Waals surface area contributed by atoms with Crippen LogP contribution in [0.1, 0.15) is 18.4 Å². The molecule has 19 heavy (non-hydrogen) atoms. The SMILES string of the molecule is O=C(Cc1ccccc1)N1CCCC(O)(C(=O)O)C1. The molecule has 5 heteroatoms. The lowest BCUT2D eigenvalue weighted by atomic mass is 9.92. The second kappa shape index (κ2) is 5.40. The van der Waals surface area contributed by atoms with Gasteiger partial charge in [0.05, 0.1) is 13.0 Å². The van der Waals surface area contributed by atoms with Crippen LogP contribution >= 0.6 is 0 Å². The molecule has 1 aromatic rings. The van der Waals surface area contributed by atoms with E-state index in [4.69, 9.17) is 5.11 Å². The Hall–Kier alpha value is -1.88. The fourth-order valence-corrected chi connectivity index (χ4v) is 2.31. The first-order chi connectivity index (χ1) is 9.01. The zero-order valence-electron chi connectivity index (χ0n) is 10.6. The fourth-order valence-electron chi connectivity index (χ4n) is 2.31. The van der Waals surface area contributed by atoms with Gasteiger partial charge in [0, 0.05) is 6.54 Å². The maximum Gasteiger partial charge on any atom is 0.337 e. The van der Waals surface area contributed by atoms with Gasteiger partial charge in [0.1, 0.15) is 0 Å². The summed E-state index contributed by atoms with van der Waals surface area (Å²) in [6.45, 7) is 0.370. The van der Waals surface area contributed by atoms with Gasteiger partial charge in [0.25, 0.3) is 0 Å². The van der Waals surface area contributed by atoms with E-state index in [1.54, 1.807) is 0 Å². The lowest BCUT2D eigenvalue weighted by Gasteiger charge is -2.36. The van der Waals surface area contributed by atoms with Crippen LogP contribution in [0, 0.1) is 0 Å². The third kappa shape index (κ3) is 3.12. The molecule has 0 bridgehead atoms. The highest BCUT2D eigenvalue weighted by atomic mass is 16.4. The molecule has 0 aliphatic carbocycles. The minimum absolute atomic E-state index is 0.131. The zero-order chi connectivity index (χ0) is 13.9. The summed E-state index contributed by atoms with van der Waals surface area (Å²) >= 11 is 0. The van der Waals surface area contributed by atoms with Crippen molar-refractivity contribution in [3.8, 4) is 0 Å². The second-order valence-electron chi connectivity index (χ2n) is 4.92. The highest BCUT2D eigenvalue weighted by Crippen LogP contribution is 2.22. The van der Waals surface area contributed by atoms with E-state index in [9.17, 15) is 14.7 Å². The molecule has 2 N–H and O–H groups in total. The van der Waals surface area contributed by atoms with Crippen molar-refractivity contribution in [2.24, 2.45) is 0 Å². The van der Waals surface area contributed by atoms with Gasteiger partial charge in [-0.25, -0.2) is 4.79 Å². The summed E-state index contributed by atoms with van der Waals surface area (Å²) in [6, 6.07) is 9.29. The number of rotatable bonds is 3. The molecule has 0 radical (unpaired) electrons. The molecule has 0 spiro atoms. The van der Waals surface area contributed by atoms with Crippen molar-refractivity contribution in [1.29, 1.82) is 0 Å². The Balaban J connectivity index is 2.02. The van der Waals surface area contributed by atoms with Crippen molar-refractivity contribution < 1.29 is 19.8 Å². The van der Waals surface area contributed by atoms with Crippen LogP contribution in [-0.4, -0.2) is 45.7 Å². The minimum Gasteiger partial charge on any atom is -0.479 e. The molecule has 1 heterocycles. The number of carbonyl (C=O) groups is 2. The number of nitrogens with zero attached hydrogens (tertiary/aromatic N) is 1. The van der Waals surface area contributed by atoms with E-state index in [0.717, 1.165) is 5.56 Å². The summed E-state index contributed by atoms with van der Waals surface area (Å²) in [4.78, 5) is 24.5. The van der Waals surface area contributed by atoms with Gasteiger partial charge >= 0.3 is 5.97 Å². The Morgan fingerprint density at radius 3 is 2.58 bits per heavy atom. The van der Waals surface area contributed by atoms with Crippen LogP contribution in [0.5, 0.6) is 0 Å². The number of carbonyl (C=O) groups excluding carboxylic acids is 1. The van der Waals surface area contributed by atoms with Crippen LogP contribution in [0.4, 0.5) is 0 Å². The number of carboxylic acids is 1. The molecular formula is C14H17NO4. The summed E-state index contributed by atoms with van der Waals surface area (Å²) in [5.41, 5.74) is -0.915. The number of aliphatic hydroxyl groups is 1. The van der Waals surface area contributed by atoms with Crippen molar-refractivity contribution in [3.63, 3.8) is 0 Å². The Labute approximate surface area is 111 Å². The van der Waals surface area contributed by atoms with Gasteiger partial charge in [-0.05, 0) is 18.4 Å². The summed E-state index contributed by atoms with van der Waals surface area (Å²) in [7, 11) is 0. The molecule has 1 unspecified atom stereocenters. The predicted octanol–water partition coefficient (Wildman–Crippen LogP) is 0.667. The largest absolute Gasteiger partial charge is 0.479 e. The molecule has 1 amide bonds. The van der Waals surface area contributed by atoms with Gasteiger partial charge in [-0.15, -0.1) is 0 Å². The van der Waals surface area contributed by atoms with E-state index < -0.39 is 11.6 Å². The molecule has 1 atom stereocenters. The number of aliphatic carboxylic acids is 1. The number of piperidine rings is 1. The van der Waals surface area contributed by atoms with Crippen molar-refractivity contribution in [2.45, 2.75) is 24.9 Å². The molecule has 5 nitrogen and oxygen atoms in total. The van der Waals surface area contributed by atoms with E-state index in [1.165, 1.54) is 4.90 Å². The van der Waals surface area contributed by atoms with Gasteiger partial charge in [0.15, 0.2) is 5.60 Å². The smallest absolute Gasteiger partial charge is 0.337 e. The lowest BCUT2D eigenvalue weighted by molar-refractivity contribution is -0.166. The summed E-state index contributed by atoms with van der Waals surface area (Å²) in [5.74, 6) is -1.41. The highest BCUT2D eigenvalue weighted by Gasteiger charge is 2.41. The van der Waals surface area contributed by atoms with Crippen LogP contribution in [0.25, 0.3) is 0 Å². The average Bonchev–Trinajstić information content (AvgIpc) is 2.40. The van der Waals surface area contributed by atoms with Crippen LogP contribution in [-0.2, 0) is 16.0 Å². The van der Waals surface area contributed by atoms with E-state index in [2.05, 4.69) is 0 Å². The monoisotopic (exact) mass is 263 g/mol. The minimum atomic E-state index is -1.80. The molecule has 0 saturated carbocycles. The first kappa shape index (κ1) is 13.5. The molecule has 1 fully saturated rings. The first-order valence-electron chi connectivity index (χ1n) is 6.29. The zero-order valence-corrected chi connectivity index (χ0v) is 10.6. The van der Waals surface area contributed by atoms with E-state index in [1.807, 2.05) is 30.3 Å². The number of likely N-dealkylation sites (tertiary alicyclic amines) is 1. The number of benzene rings is 1. The van der Waals surface area contributed by atoms with Gasteiger partial charge < -0.3 is 15.1 Å². The number of β-amino-alcohol motifs (C(OH)–C–C–N with tert-alkyl or cyclic N) is 1. The quantitative estimate of drug-likeness (QED) is 0.840. The maximum atomic E-state index is 12.1. The van der Waals surface area contributed by atoms with Gasteiger partial charge in [-0.1, -0.05) is 30.3 Å². The Morgan fingerprint density at radius 1 is 1.26 bits per heavy atom. The maximum absolute atomic E-state index is 12.1. The van der Waals surface area contributed by atoms with Crippen molar-refractivity contribution in [3.05, 3.63) is 35.9 Å². The van der Waals surface area contributed by atoms with Gasteiger partial charge in [0.2, 0.25) is 5.91 Å². The summed E-state index contributed by atoms with van der Waals surface area (Å²) in [6.07, 6.45) is 0.928. The number of hydrogen-bond donors (Lipinski definition) is 2. The second-order valence-corrected chi connectivity index (χ2v) is 4.92. The van der Waals surface area contributed by atoms with E-state index in [0.29, 0.717) is 13.0 Å². The van der Waals surface area contributed by atoms with Crippen LogP contribution in [0.2, 0.25) is 0 Å². The molecule has 1 saturated heterocycles. The first-order valence-corrected chi connectivity index (χ1v) is 6.29. The predicted molar refractivity (Wildman–Crippen MR) is 68.5 cm³/mol. The van der Waals surface area contributed by atoms with E-state index in [-0.39, 0.29) is 25.3 Å². The molecule has 1 aliphatic heterocycles. The van der Waals surface area contributed by atoms with Crippen molar-refractivity contribution in [1.82, 2.24) is 4.90 Å². The van der Waals surface area contributed by atoms with Crippen LogP contribution in [0.3, 0.4) is 0 Å². The van der Waals surface area contributed by atoms with Crippen molar-refractivity contribution in [2.75, 3.05) is 13.1 Å². The van der Waals surface area contributed by atoms with Crippen LogP contribution < -0.4 is 0 Å². The molecule has 1 aliphatic rings. The average molecular weight is 263 g/mol. The number of amides is 1. The number of hydrogen-bond acceptors (Lipinski definition) is 3. The summed E-state index contributed by atoms with van der Waals surface area (Å²) in [5, 5.41) is 18.9. The van der Waals surface area contributed by atoms with E-state index >= 15 is 0 Å². The van der Waals surface area contributed by atoms with Crippen molar-refractivity contribution >= 4 is 11.9 Å². The lowest BCUT2D eigenvalue weighted by Crippen LogP contribution is -2.55. The third-order valence-corrected chi connectivity index (χ3v) is 3.42. The summed E-state index contributed by atoms with van der Waals surface area (Å²) < 4.78 is 0.